The molecule has 31 heavy (non-hydrogen) atoms. The predicted octanol–water partition coefficient (Wildman–Crippen LogP) is 6.39. The van der Waals surface area contributed by atoms with Crippen LogP contribution in [0.5, 0.6) is 0 Å². The fourth-order valence-electron chi connectivity index (χ4n) is 2.80. The lowest BCUT2D eigenvalue weighted by molar-refractivity contribution is -0.144. The van der Waals surface area contributed by atoms with Gasteiger partial charge in [-0.05, 0) is 30.0 Å². The summed E-state index contributed by atoms with van der Waals surface area (Å²) in [5.74, 6) is -1.81. The largest absolute Gasteiger partial charge is 0.480 e. The summed E-state index contributed by atoms with van der Waals surface area (Å²) in [6, 6.07) is 15.1. The Labute approximate surface area is 185 Å². The lowest BCUT2D eigenvalue weighted by atomic mass is 9.92. The molecular weight excluding hydrogens is 397 g/mol. The van der Waals surface area contributed by atoms with Crippen LogP contribution in [0, 0.1) is 11.7 Å². The van der Waals surface area contributed by atoms with Crippen molar-refractivity contribution in [1.82, 2.24) is 5.32 Å². The molecule has 0 saturated heterocycles. The second-order valence-electron chi connectivity index (χ2n) is 7.01. The summed E-state index contributed by atoms with van der Waals surface area (Å²) in [5.41, 5.74) is -0.697. The van der Waals surface area contributed by atoms with E-state index in [-0.39, 0.29) is 17.9 Å². The highest BCUT2D eigenvalue weighted by molar-refractivity contribution is 5.84. The minimum Gasteiger partial charge on any atom is -0.480 e. The van der Waals surface area contributed by atoms with Crippen LogP contribution >= 0.6 is 0 Å². The van der Waals surface area contributed by atoms with Crippen molar-refractivity contribution in [2.45, 2.75) is 66.5 Å². The van der Waals surface area contributed by atoms with Gasteiger partial charge in [0.15, 0.2) is 0 Å². The second kappa shape index (κ2) is 14.2. The summed E-state index contributed by atoms with van der Waals surface area (Å²) in [6.07, 6.45) is -1.60. The lowest BCUT2D eigenvalue weighted by Gasteiger charge is -2.28. The number of alkyl carbamates (subject to hydrolysis) is 1. The van der Waals surface area contributed by atoms with Gasteiger partial charge in [-0.15, -0.1) is 0 Å². The second-order valence-corrected chi connectivity index (χ2v) is 7.01. The van der Waals surface area contributed by atoms with Crippen molar-refractivity contribution in [3.8, 4) is 0 Å². The molecule has 6 heteroatoms. The molecule has 2 aromatic carbocycles. The molecule has 0 bridgehead atoms. The first-order valence-corrected chi connectivity index (χ1v) is 10.7. The van der Waals surface area contributed by atoms with Gasteiger partial charge in [0.05, 0.1) is 0 Å². The van der Waals surface area contributed by atoms with Crippen molar-refractivity contribution in [2.75, 3.05) is 0 Å². The molecule has 0 aliphatic heterocycles. The molecule has 2 N–H and O–H groups in total. The highest BCUT2D eigenvalue weighted by Gasteiger charge is 2.37. The molecule has 0 spiro atoms. The van der Waals surface area contributed by atoms with Gasteiger partial charge in [0.2, 0.25) is 0 Å². The molecule has 0 radical (unpaired) electrons. The first kappa shape index (κ1) is 28.1. The van der Waals surface area contributed by atoms with Crippen molar-refractivity contribution in [3.63, 3.8) is 0 Å². The zero-order valence-electron chi connectivity index (χ0n) is 19.6. The van der Waals surface area contributed by atoms with Crippen LogP contribution in [0.25, 0.3) is 0 Å². The number of hydrogen-bond acceptors (Lipinski definition) is 3. The minimum absolute atomic E-state index is 0.0131. The lowest BCUT2D eigenvalue weighted by Crippen LogP contribution is -2.54. The molecule has 2 aromatic rings. The Morgan fingerprint density at radius 1 is 1.00 bits per heavy atom. The number of carbonyl (C=O) groups excluding carboxylic acids is 1. The van der Waals surface area contributed by atoms with Crippen molar-refractivity contribution in [2.24, 2.45) is 5.92 Å². The fraction of sp³-hybridized carbons (Fsp3) is 0.440. The van der Waals surface area contributed by atoms with Crippen LogP contribution in [0.2, 0.25) is 0 Å². The quantitative estimate of drug-likeness (QED) is 0.531. The zero-order valence-corrected chi connectivity index (χ0v) is 19.6. The third kappa shape index (κ3) is 8.79. The van der Waals surface area contributed by atoms with E-state index in [9.17, 15) is 19.1 Å². The van der Waals surface area contributed by atoms with Crippen LogP contribution in [0.15, 0.2) is 54.6 Å². The predicted molar refractivity (Wildman–Crippen MR) is 122 cm³/mol. The van der Waals surface area contributed by atoms with Gasteiger partial charge < -0.3 is 15.2 Å². The van der Waals surface area contributed by atoms with Crippen LogP contribution in [-0.2, 0) is 16.0 Å². The molecule has 0 aliphatic rings. The first-order valence-electron chi connectivity index (χ1n) is 10.7. The average molecular weight is 434 g/mol. The van der Waals surface area contributed by atoms with Gasteiger partial charge in [0.25, 0.3) is 0 Å². The van der Waals surface area contributed by atoms with Gasteiger partial charge >= 0.3 is 12.1 Å². The summed E-state index contributed by atoms with van der Waals surface area (Å²) >= 11 is 0. The minimum atomic E-state index is -1.71. The summed E-state index contributed by atoms with van der Waals surface area (Å²) in [4.78, 5) is 24.2. The number of carboxylic acids is 1. The van der Waals surface area contributed by atoms with Crippen molar-refractivity contribution in [3.05, 3.63) is 71.5 Å². The maximum absolute atomic E-state index is 13.9. The Balaban J connectivity index is 0.00000212. The number of ether oxygens (including phenoxy) is 1. The number of rotatable bonds is 7. The molecule has 1 amide bonds. The third-order valence-electron chi connectivity index (χ3n) is 4.32. The zero-order chi connectivity index (χ0) is 24.0. The van der Waals surface area contributed by atoms with E-state index in [0.29, 0.717) is 0 Å². The fourth-order valence-corrected chi connectivity index (χ4v) is 2.80. The number of halogens is 1. The molecule has 172 valence electrons. The maximum Gasteiger partial charge on any atom is 0.408 e. The molecular formula is C25H36FNO4. The number of amides is 1. The topological polar surface area (TPSA) is 75.6 Å². The third-order valence-corrected chi connectivity index (χ3v) is 4.32. The average Bonchev–Trinajstić information content (AvgIpc) is 2.77. The maximum atomic E-state index is 13.9. The van der Waals surface area contributed by atoms with Crippen molar-refractivity contribution < 1.29 is 23.8 Å². The highest BCUT2D eigenvalue weighted by atomic mass is 19.1. The number of hydrogen-bond donors (Lipinski definition) is 2. The van der Waals surface area contributed by atoms with Crippen LogP contribution < -0.4 is 5.32 Å². The van der Waals surface area contributed by atoms with Gasteiger partial charge in [0, 0.05) is 6.42 Å². The molecule has 0 heterocycles. The molecule has 0 aliphatic carbocycles. The Kier molecular flexibility index (Phi) is 12.9. The van der Waals surface area contributed by atoms with Crippen LogP contribution in [0.4, 0.5) is 9.18 Å². The first-order chi connectivity index (χ1) is 14.7. The number of benzene rings is 2. The molecule has 2 atom stereocenters. The summed E-state index contributed by atoms with van der Waals surface area (Å²) in [5, 5.41) is 12.0. The van der Waals surface area contributed by atoms with Gasteiger partial charge in [-0.3, -0.25) is 0 Å². The van der Waals surface area contributed by atoms with E-state index in [1.54, 1.807) is 6.07 Å². The van der Waals surface area contributed by atoms with E-state index in [1.165, 1.54) is 25.1 Å². The molecule has 2 rings (SSSR count). The monoisotopic (exact) mass is 433 g/mol. The Hall–Kier alpha value is -2.89. The SMILES string of the molecule is CC.CC.CC(C)C(OC(=O)NC(C)(Cc1ccccc1F)C(=O)O)c1ccccc1. The molecule has 5 nitrogen and oxygen atoms in total. The van der Waals surface area contributed by atoms with Crippen molar-refractivity contribution in [1.29, 1.82) is 0 Å². The van der Waals surface area contributed by atoms with Crippen LogP contribution in [0.1, 0.15) is 65.7 Å². The Morgan fingerprint density at radius 3 is 2.00 bits per heavy atom. The van der Waals surface area contributed by atoms with E-state index in [0.717, 1.165) is 5.56 Å². The Morgan fingerprint density at radius 2 is 1.52 bits per heavy atom. The van der Waals surface area contributed by atoms with E-state index in [1.807, 2.05) is 71.9 Å². The van der Waals surface area contributed by atoms with Gasteiger partial charge in [-0.25, -0.2) is 14.0 Å². The normalized spacial score (nSPS) is 12.8. The molecule has 2 unspecified atom stereocenters. The summed E-state index contributed by atoms with van der Waals surface area (Å²) in [6.45, 7) is 13.1. The number of carbonyl (C=O) groups is 2. The molecule has 0 fully saturated rings. The van der Waals surface area contributed by atoms with Crippen LogP contribution in [0.3, 0.4) is 0 Å². The van der Waals surface area contributed by atoms with Gasteiger partial charge in [-0.2, -0.15) is 0 Å². The van der Waals surface area contributed by atoms with E-state index in [2.05, 4.69) is 5.32 Å². The standard InChI is InChI=1S/C21H24FNO4.2C2H6/c1-14(2)18(15-9-5-4-6-10-15)27-20(26)23-21(3,19(24)25)13-16-11-7-8-12-17(16)22;2*1-2/h4-12,14,18H,13H2,1-3H3,(H,23,26)(H,24,25);2*1-2H3. The summed E-state index contributed by atoms with van der Waals surface area (Å²) in [7, 11) is 0. The molecule has 0 aromatic heterocycles. The van der Waals surface area contributed by atoms with E-state index >= 15 is 0 Å². The molecule has 0 saturated carbocycles. The van der Waals surface area contributed by atoms with Gasteiger partial charge in [0.1, 0.15) is 17.5 Å². The van der Waals surface area contributed by atoms with Crippen molar-refractivity contribution >= 4 is 12.1 Å². The van der Waals surface area contributed by atoms with E-state index < -0.39 is 29.5 Å². The number of aliphatic carboxylic acids is 1. The number of carboxylic acid groups (broad SMARTS) is 1. The summed E-state index contributed by atoms with van der Waals surface area (Å²) < 4.78 is 19.4. The van der Waals surface area contributed by atoms with Gasteiger partial charge in [-0.1, -0.05) is 90.1 Å². The highest BCUT2D eigenvalue weighted by Crippen LogP contribution is 2.26. The number of nitrogens with one attached hydrogen (secondary N) is 1. The smallest absolute Gasteiger partial charge is 0.408 e. The van der Waals surface area contributed by atoms with Crippen LogP contribution in [-0.4, -0.2) is 22.7 Å². The van der Waals surface area contributed by atoms with E-state index in [4.69, 9.17) is 4.74 Å². The Bertz CT molecular complexity index is 795.